The van der Waals surface area contributed by atoms with Gasteiger partial charge in [0.25, 0.3) is 0 Å². The van der Waals surface area contributed by atoms with Gasteiger partial charge in [-0.3, -0.25) is 0 Å². The highest BCUT2D eigenvalue weighted by Gasteiger charge is 2.13. The van der Waals surface area contributed by atoms with Crippen molar-refractivity contribution in [1.82, 2.24) is 9.97 Å². The minimum Gasteiger partial charge on any atom is -0.497 e. The molecular weight excluding hydrogens is 296 g/mol. The maximum atomic E-state index is 5.36. The molecule has 0 aliphatic rings. The lowest BCUT2D eigenvalue weighted by atomic mass is 10.0. The lowest BCUT2D eigenvalue weighted by Gasteiger charge is -2.11. The van der Waals surface area contributed by atoms with E-state index in [9.17, 15) is 0 Å². The normalized spacial score (nSPS) is 10.7. The molecule has 0 bridgehead atoms. The van der Waals surface area contributed by atoms with Gasteiger partial charge in [-0.05, 0) is 24.3 Å². The van der Waals surface area contributed by atoms with Gasteiger partial charge in [0, 0.05) is 11.1 Å². The molecule has 3 heteroatoms. The van der Waals surface area contributed by atoms with Crippen LogP contribution in [-0.4, -0.2) is 17.1 Å². The Hall–Kier alpha value is -3.20. The maximum Gasteiger partial charge on any atom is 0.119 e. The Kier molecular flexibility index (Phi) is 3.67. The van der Waals surface area contributed by atoms with E-state index in [4.69, 9.17) is 14.7 Å². The number of ether oxygens (including phenoxy) is 1. The Bertz CT molecular complexity index is 997. The topological polar surface area (TPSA) is 35.0 Å². The molecule has 0 fully saturated rings. The van der Waals surface area contributed by atoms with E-state index in [0.717, 1.165) is 39.3 Å². The van der Waals surface area contributed by atoms with Crippen LogP contribution >= 0.6 is 0 Å². The van der Waals surface area contributed by atoms with Gasteiger partial charge in [0.2, 0.25) is 0 Å². The molecule has 0 aliphatic carbocycles. The van der Waals surface area contributed by atoms with Gasteiger partial charge in [0.1, 0.15) is 5.75 Å². The molecule has 0 aliphatic heterocycles. The molecule has 116 valence electrons. The van der Waals surface area contributed by atoms with E-state index in [0.29, 0.717) is 0 Å². The molecule has 4 aromatic rings. The molecule has 3 aromatic carbocycles. The number of rotatable bonds is 3. The number of para-hydroxylation sites is 2. The van der Waals surface area contributed by atoms with E-state index in [2.05, 4.69) is 12.1 Å². The Morgan fingerprint density at radius 2 is 1.21 bits per heavy atom. The minimum absolute atomic E-state index is 0.807. The summed E-state index contributed by atoms with van der Waals surface area (Å²) in [6, 6.07) is 26.0. The first-order chi connectivity index (χ1) is 11.8. The number of hydrogen-bond acceptors (Lipinski definition) is 3. The fraction of sp³-hybridized carbons (Fsp3) is 0.0476. The molecule has 0 amide bonds. The second kappa shape index (κ2) is 6.13. The molecule has 4 rings (SSSR count). The summed E-state index contributed by atoms with van der Waals surface area (Å²) in [7, 11) is 1.67. The summed E-state index contributed by atoms with van der Waals surface area (Å²) in [6.07, 6.45) is 0. The van der Waals surface area contributed by atoms with Crippen LogP contribution in [-0.2, 0) is 0 Å². The van der Waals surface area contributed by atoms with Crippen LogP contribution in [0.1, 0.15) is 0 Å². The van der Waals surface area contributed by atoms with Crippen molar-refractivity contribution in [3.63, 3.8) is 0 Å². The van der Waals surface area contributed by atoms with Gasteiger partial charge in [-0.2, -0.15) is 0 Å². The number of aromatic nitrogens is 2. The van der Waals surface area contributed by atoms with Crippen molar-refractivity contribution in [3.05, 3.63) is 78.9 Å². The zero-order valence-corrected chi connectivity index (χ0v) is 13.3. The molecule has 3 nitrogen and oxygen atoms in total. The van der Waals surface area contributed by atoms with Crippen molar-refractivity contribution < 1.29 is 4.74 Å². The lowest BCUT2D eigenvalue weighted by molar-refractivity contribution is 0.415. The summed E-state index contributed by atoms with van der Waals surface area (Å²) < 4.78 is 5.36. The van der Waals surface area contributed by atoms with Crippen molar-refractivity contribution in [2.45, 2.75) is 0 Å². The Balaban J connectivity index is 2.01. The van der Waals surface area contributed by atoms with Crippen molar-refractivity contribution in [3.8, 4) is 28.3 Å². The van der Waals surface area contributed by atoms with E-state index in [1.165, 1.54) is 0 Å². The first-order valence-corrected chi connectivity index (χ1v) is 7.82. The first-order valence-electron chi connectivity index (χ1n) is 7.82. The van der Waals surface area contributed by atoms with E-state index >= 15 is 0 Å². The molecule has 0 spiro atoms. The van der Waals surface area contributed by atoms with Gasteiger partial charge in [0.05, 0.1) is 29.5 Å². The Morgan fingerprint density at radius 3 is 1.88 bits per heavy atom. The molecule has 1 aromatic heterocycles. The predicted molar refractivity (Wildman–Crippen MR) is 97.0 cm³/mol. The SMILES string of the molecule is COc1cccc(-c2nc3ccccc3nc2-c2ccccc2)c1. The summed E-state index contributed by atoms with van der Waals surface area (Å²) in [5.74, 6) is 0.807. The monoisotopic (exact) mass is 312 g/mol. The smallest absolute Gasteiger partial charge is 0.119 e. The molecule has 0 N–H and O–H groups in total. The van der Waals surface area contributed by atoms with Crippen LogP contribution in [0.15, 0.2) is 78.9 Å². The summed E-state index contributed by atoms with van der Waals surface area (Å²) in [6.45, 7) is 0. The summed E-state index contributed by atoms with van der Waals surface area (Å²) in [4.78, 5) is 9.75. The van der Waals surface area contributed by atoms with Gasteiger partial charge in [-0.25, -0.2) is 9.97 Å². The highest BCUT2D eigenvalue weighted by Crippen LogP contribution is 2.32. The summed E-state index contributed by atoms with van der Waals surface area (Å²) >= 11 is 0. The average Bonchev–Trinajstić information content (AvgIpc) is 2.67. The van der Waals surface area contributed by atoms with E-state index in [-0.39, 0.29) is 0 Å². The van der Waals surface area contributed by atoms with Gasteiger partial charge < -0.3 is 4.74 Å². The fourth-order valence-corrected chi connectivity index (χ4v) is 2.77. The van der Waals surface area contributed by atoms with Crippen molar-refractivity contribution in [2.75, 3.05) is 7.11 Å². The number of benzene rings is 3. The van der Waals surface area contributed by atoms with Crippen LogP contribution in [0.5, 0.6) is 5.75 Å². The molecule has 0 radical (unpaired) electrons. The van der Waals surface area contributed by atoms with Crippen molar-refractivity contribution in [2.24, 2.45) is 0 Å². The highest BCUT2D eigenvalue weighted by molar-refractivity contribution is 5.86. The van der Waals surface area contributed by atoms with Gasteiger partial charge in [-0.1, -0.05) is 54.6 Å². The first kappa shape index (κ1) is 14.4. The molecule has 24 heavy (non-hydrogen) atoms. The van der Waals surface area contributed by atoms with E-state index in [1.807, 2.05) is 66.7 Å². The third-order valence-corrected chi connectivity index (χ3v) is 3.96. The van der Waals surface area contributed by atoms with Gasteiger partial charge in [0.15, 0.2) is 0 Å². The fourth-order valence-electron chi connectivity index (χ4n) is 2.77. The van der Waals surface area contributed by atoms with Crippen LogP contribution in [0.3, 0.4) is 0 Å². The van der Waals surface area contributed by atoms with Crippen LogP contribution in [0.25, 0.3) is 33.5 Å². The second-order valence-electron chi connectivity index (χ2n) is 5.51. The standard InChI is InChI=1S/C21H16N2O/c1-24-17-11-7-10-16(14-17)21-20(15-8-3-2-4-9-15)22-18-12-5-6-13-19(18)23-21/h2-14H,1H3. The maximum absolute atomic E-state index is 5.36. The molecular formula is C21H16N2O. The third-order valence-electron chi connectivity index (χ3n) is 3.96. The minimum atomic E-state index is 0.807. The van der Waals surface area contributed by atoms with Gasteiger partial charge >= 0.3 is 0 Å². The van der Waals surface area contributed by atoms with E-state index in [1.54, 1.807) is 7.11 Å². The zero-order chi connectivity index (χ0) is 16.4. The highest BCUT2D eigenvalue weighted by atomic mass is 16.5. The van der Waals surface area contributed by atoms with Crippen LogP contribution in [0.4, 0.5) is 0 Å². The van der Waals surface area contributed by atoms with Gasteiger partial charge in [-0.15, -0.1) is 0 Å². The Morgan fingerprint density at radius 1 is 0.625 bits per heavy atom. The van der Waals surface area contributed by atoms with E-state index < -0.39 is 0 Å². The van der Waals surface area contributed by atoms with Crippen LogP contribution < -0.4 is 4.74 Å². The number of nitrogens with zero attached hydrogens (tertiary/aromatic N) is 2. The average molecular weight is 312 g/mol. The molecule has 0 saturated heterocycles. The number of fused-ring (bicyclic) bond motifs is 1. The quantitative estimate of drug-likeness (QED) is 0.535. The largest absolute Gasteiger partial charge is 0.497 e. The van der Waals surface area contributed by atoms with Crippen LogP contribution in [0, 0.1) is 0 Å². The molecule has 0 unspecified atom stereocenters. The second-order valence-corrected chi connectivity index (χ2v) is 5.51. The summed E-state index contributed by atoms with van der Waals surface area (Å²) in [5.41, 5.74) is 5.55. The molecule has 1 heterocycles. The Labute approximate surface area is 140 Å². The van der Waals surface area contributed by atoms with Crippen LogP contribution in [0.2, 0.25) is 0 Å². The van der Waals surface area contributed by atoms with Crippen molar-refractivity contribution >= 4 is 11.0 Å². The number of methoxy groups -OCH3 is 1. The summed E-state index contributed by atoms with van der Waals surface area (Å²) in [5, 5.41) is 0. The molecule has 0 atom stereocenters. The number of hydrogen-bond donors (Lipinski definition) is 0. The zero-order valence-electron chi connectivity index (χ0n) is 13.3. The third kappa shape index (κ3) is 2.61. The molecule has 0 saturated carbocycles. The lowest BCUT2D eigenvalue weighted by Crippen LogP contribution is -1.95. The predicted octanol–water partition coefficient (Wildman–Crippen LogP) is 4.97. The van der Waals surface area contributed by atoms with Crippen molar-refractivity contribution in [1.29, 1.82) is 0 Å².